The number of alkyl carbamates (subject to hydrolysis) is 1. The molecule has 0 radical (unpaired) electrons. The third-order valence-electron chi connectivity index (χ3n) is 4.34. The average Bonchev–Trinajstić information content (AvgIpc) is 2.96. The van der Waals surface area contributed by atoms with Gasteiger partial charge >= 0.3 is 12.1 Å². The number of benzene rings is 1. The number of carbonyl (C=O) groups excluding carboxylic acids is 3. The number of hydrogen-bond donors (Lipinski definition) is 3. The molecule has 9 heteroatoms. The lowest BCUT2D eigenvalue weighted by atomic mass is 10.1. The van der Waals surface area contributed by atoms with E-state index in [0.29, 0.717) is 5.69 Å². The van der Waals surface area contributed by atoms with Crippen LogP contribution in [0, 0.1) is 0 Å². The fourth-order valence-corrected chi connectivity index (χ4v) is 2.95. The highest BCUT2D eigenvalue weighted by atomic mass is 16.6. The van der Waals surface area contributed by atoms with Gasteiger partial charge in [-0.3, -0.25) is 4.79 Å². The van der Waals surface area contributed by atoms with E-state index in [2.05, 4.69) is 10.6 Å². The van der Waals surface area contributed by atoms with E-state index in [4.69, 9.17) is 14.6 Å². The van der Waals surface area contributed by atoms with Crippen LogP contribution in [0.15, 0.2) is 35.5 Å². The van der Waals surface area contributed by atoms with E-state index in [9.17, 15) is 14.4 Å². The number of aliphatic hydroxyl groups excluding tert-OH is 1. The second-order valence-corrected chi connectivity index (χ2v) is 7.91. The quantitative estimate of drug-likeness (QED) is 0.578. The molecule has 164 valence electrons. The Bertz CT molecular complexity index is 843. The highest BCUT2D eigenvalue weighted by molar-refractivity contribution is 6.08. The summed E-state index contributed by atoms with van der Waals surface area (Å²) in [5.41, 5.74) is 1.05. The van der Waals surface area contributed by atoms with Crippen molar-refractivity contribution < 1.29 is 29.0 Å². The molecule has 30 heavy (non-hydrogen) atoms. The van der Waals surface area contributed by atoms with Crippen LogP contribution in [0.2, 0.25) is 0 Å². The van der Waals surface area contributed by atoms with Gasteiger partial charge in [0.05, 0.1) is 31.9 Å². The minimum absolute atomic E-state index is 0.0602. The molecular formula is C21H29N3O6. The number of methoxy groups -OCH3 is 1. The largest absolute Gasteiger partial charge is 0.466 e. The normalized spacial score (nSPS) is 15.1. The number of esters is 1. The zero-order valence-corrected chi connectivity index (χ0v) is 17.9. The Hall–Kier alpha value is -3.07. The summed E-state index contributed by atoms with van der Waals surface area (Å²) >= 11 is 0. The van der Waals surface area contributed by atoms with Crippen molar-refractivity contribution in [3.8, 4) is 0 Å². The smallest absolute Gasteiger partial charge is 0.408 e. The third kappa shape index (κ3) is 5.96. The SMILES string of the molecule is COC(=O)C1=C(Nc2cccc(C(C)NC(=O)OC(C)(C)C)c2)C(=O)N(CCO)C1. The molecule has 0 bridgehead atoms. The first kappa shape index (κ1) is 23.2. The molecule has 0 fully saturated rings. The number of aliphatic hydroxyl groups is 1. The van der Waals surface area contributed by atoms with Crippen molar-refractivity contribution >= 4 is 23.7 Å². The number of nitrogens with one attached hydrogen (secondary N) is 2. The molecule has 9 nitrogen and oxygen atoms in total. The molecule has 2 amide bonds. The van der Waals surface area contributed by atoms with Crippen LogP contribution in [-0.2, 0) is 19.1 Å². The average molecular weight is 419 g/mol. The van der Waals surface area contributed by atoms with Gasteiger partial charge in [0.25, 0.3) is 5.91 Å². The molecule has 3 N–H and O–H groups in total. The Labute approximate surface area is 176 Å². The zero-order valence-electron chi connectivity index (χ0n) is 17.9. The number of ether oxygens (including phenoxy) is 2. The minimum Gasteiger partial charge on any atom is -0.466 e. The van der Waals surface area contributed by atoms with E-state index in [-0.39, 0.29) is 37.0 Å². The van der Waals surface area contributed by atoms with E-state index in [1.807, 2.05) is 13.0 Å². The number of amides is 2. The molecule has 1 atom stereocenters. The van der Waals surface area contributed by atoms with Gasteiger partial charge < -0.3 is 30.1 Å². The van der Waals surface area contributed by atoms with Gasteiger partial charge in [-0.1, -0.05) is 12.1 Å². The van der Waals surface area contributed by atoms with Gasteiger partial charge in [-0.15, -0.1) is 0 Å². The van der Waals surface area contributed by atoms with Crippen LogP contribution in [0.4, 0.5) is 10.5 Å². The lowest BCUT2D eigenvalue weighted by Crippen LogP contribution is -2.34. The zero-order chi connectivity index (χ0) is 22.5. The number of hydrogen-bond acceptors (Lipinski definition) is 7. The molecule has 1 aliphatic heterocycles. The van der Waals surface area contributed by atoms with Gasteiger partial charge in [0.2, 0.25) is 0 Å². The summed E-state index contributed by atoms with van der Waals surface area (Å²) in [5, 5.41) is 14.9. The summed E-state index contributed by atoms with van der Waals surface area (Å²) in [6.45, 7) is 7.13. The fourth-order valence-electron chi connectivity index (χ4n) is 2.95. The molecule has 1 aliphatic rings. The number of nitrogens with zero attached hydrogens (tertiary/aromatic N) is 1. The maximum absolute atomic E-state index is 12.6. The van der Waals surface area contributed by atoms with Crippen molar-refractivity contribution in [1.29, 1.82) is 0 Å². The van der Waals surface area contributed by atoms with Gasteiger partial charge in [-0.2, -0.15) is 0 Å². The van der Waals surface area contributed by atoms with Crippen LogP contribution in [0.5, 0.6) is 0 Å². The minimum atomic E-state index is -0.609. The molecule has 0 spiro atoms. The van der Waals surface area contributed by atoms with Crippen molar-refractivity contribution in [1.82, 2.24) is 10.2 Å². The van der Waals surface area contributed by atoms with Crippen molar-refractivity contribution in [3.05, 3.63) is 41.1 Å². The van der Waals surface area contributed by atoms with Crippen LogP contribution in [-0.4, -0.2) is 60.4 Å². The van der Waals surface area contributed by atoms with Crippen LogP contribution >= 0.6 is 0 Å². The van der Waals surface area contributed by atoms with Crippen LogP contribution in [0.3, 0.4) is 0 Å². The van der Waals surface area contributed by atoms with Crippen molar-refractivity contribution in [2.75, 3.05) is 32.1 Å². The molecule has 1 aromatic carbocycles. The number of carbonyl (C=O) groups is 3. The van der Waals surface area contributed by atoms with E-state index in [0.717, 1.165) is 5.56 Å². The second kappa shape index (κ2) is 9.62. The topological polar surface area (TPSA) is 117 Å². The Balaban J connectivity index is 2.19. The van der Waals surface area contributed by atoms with Gasteiger partial charge in [0.15, 0.2) is 0 Å². The van der Waals surface area contributed by atoms with Crippen molar-refractivity contribution in [3.63, 3.8) is 0 Å². The van der Waals surface area contributed by atoms with Crippen LogP contribution < -0.4 is 10.6 Å². The molecule has 0 saturated carbocycles. The molecule has 1 unspecified atom stereocenters. The van der Waals surface area contributed by atoms with Crippen LogP contribution in [0.25, 0.3) is 0 Å². The predicted molar refractivity (Wildman–Crippen MR) is 111 cm³/mol. The van der Waals surface area contributed by atoms with Crippen LogP contribution in [0.1, 0.15) is 39.3 Å². The Kier molecular flexibility index (Phi) is 7.44. The Morgan fingerprint density at radius 2 is 2.00 bits per heavy atom. The highest BCUT2D eigenvalue weighted by Crippen LogP contribution is 2.24. The third-order valence-corrected chi connectivity index (χ3v) is 4.34. The highest BCUT2D eigenvalue weighted by Gasteiger charge is 2.34. The summed E-state index contributed by atoms with van der Waals surface area (Å²) in [4.78, 5) is 38.1. The standard InChI is InChI=1S/C21H29N3O6/c1-13(22-20(28)30-21(2,3)4)14-7-6-8-15(11-14)23-17-16(19(27)29-5)12-24(9-10-25)18(17)26/h6-8,11,13,23,25H,9-10,12H2,1-5H3,(H,22,28). The Morgan fingerprint density at radius 3 is 2.60 bits per heavy atom. The van der Waals surface area contributed by atoms with Gasteiger partial charge in [0, 0.05) is 12.2 Å². The van der Waals surface area contributed by atoms with Gasteiger partial charge in [-0.25, -0.2) is 9.59 Å². The Morgan fingerprint density at radius 1 is 1.30 bits per heavy atom. The van der Waals surface area contributed by atoms with Gasteiger partial charge in [0.1, 0.15) is 11.3 Å². The monoisotopic (exact) mass is 419 g/mol. The van der Waals surface area contributed by atoms with Crippen molar-refractivity contribution in [2.45, 2.75) is 39.3 Å². The molecule has 0 aromatic heterocycles. The first-order valence-corrected chi connectivity index (χ1v) is 9.63. The number of rotatable bonds is 7. The molecule has 0 aliphatic carbocycles. The predicted octanol–water partition coefficient (Wildman–Crippen LogP) is 1.95. The summed E-state index contributed by atoms with van der Waals surface area (Å²) in [6.07, 6.45) is -0.533. The molecule has 2 rings (SSSR count). The lowest BCUT2D eigenvalue weighted by Gasteiger charge is -2.22. The summed E-state index contributed by atoms with van der Waals surface area (Å²) in [5.74, 6) is -1.00. The summed E-state index contributed by atoms with van der Waals surface area (Å²) < 4.78 is 10.1. The van der Waals surface area contributed by atoms with Gasteiger partial charge in [-0.05, 0) is 45.4 Å². The van der Waals surface area contributed by atoms with E-state index in [1.165, 1.54) is 12.0 Å². The number of anilines is 1. The lowest BCUT2D eigenvalue weighted by molar-refractivity contribution is -0.136. The van der Waals surface area contributed by atoms with E-state index < -0.39 is 23.6 Å². The van der Waals surface area contributed by atoms with E-state index in [1.54, 1.807) is 39.0 Å². The fraction of sp³-hybridized carbons (Fsp3) is 0.476. The molecule has 1 aromatic rings. The molecular weight excluding hydrogens is 390 g/mol. The van der Waals surface area contributed by atoms with E-state index >= 15 is 0 Å². The van der Waals surface area contributed by atoms with Crippen molar-refractivity contribution in [2.24, 2.45) is 0 Å². The summed E-state index contributed by atoms with van der Waals surface area (Å²) in [6, 6.07) is 6.77. The first-order valence-electron chi connectivity index (χ1n) is 9.63. The first-order chi connectivity index (χ1) is 14.1. The molecule has 1 heterocycles. The maximum Gasteiger partial charge on any atom is 0.408 e. The number of β-amino-alcohol motifs (C(OH)–C–C–N with tert-alkyl or cyclic N) is 1. The second-order valence-electron chi connectivity index (χ2n) is 7.91. The molecule has 0 saturated heterocycles. The summed E-state index contributed by atoms with van der Waals surface area (Å²) in [7, 11) is 1.25. The maximum atomic E-state index is 12.6.